The molecule has 28 heavy (non-hydrogen) atoms. The van der Waals surface area contributed by atoms with Crippen LogP contribution >= 0.6 is 27.7 Å². The standard InChI is InChI=1S/C20H20BrN3O3S/c1-3-24-18(25)12-17(19(26)23-15-6-4-5-7-16(15)27-2)28-20(24)22-14-10-8-13(21)9-11-14/h4-11,17H,3,12H2,1-2H3,(H,23,26)/t17-/m1/s1. The highest BCUT2D eigenvalue weighted by Gasteiger charge is 2.35. The van der Waals surface area contributed by atoms with Crippen molar-refractivity contribution in [3.63, 3.8) is 0 Å². The van der Waals surface area contributed by atoms with Gasteiger partial charge < -0.3 is 10.1 Å². The molecule has 1 aliphatic heterocycles. The maximum Gasteiger partial charge on any atom is 0.238 e. The van der Waals surface area contributed by atoms with Gasteiger partial charge in [0.15, 0.2) is 5.17 Å². The molecule has 0 aliphatic carbocycles. The number of nitrogens with zero attached hydrogens (tertiary/aromatic N) is 2. The van der Waals surface area contributed by atoms with E-state index < -0.39 is 5.25 Å². The van der Waals surface area contributed by atoms with E-state index in [1.54, 1.807) is 24.1 Å². The monoisotopic (exact) mass is 461 g/mol. The number of halogens is 1. The minimum atomic E-state index is -0.561. The zero-order valence-electron chi connectivity index (χ0n) is 15.5. The quantitative estimate of drug-likeness (QED) is 0.714. The number of aliphatic imine (C=N–C) groups is 1. The van der Waals surface area contributed by atoms with Crippen LogP contribution in [0.25, 0.3) is 0 Å². The fourth-order valence-electron chi connectivity index (χ4n) is 2.74. The number of nitrogens with one attached hydrogen (secondary N) is 1. The minimum Gasteiger partial charge on any atom is -0.495 e. The van der Waals surface area contributed by atoms with Crippen LogP contribution in [-0.2, 0) is 9.59 Å². The number of carbonyl (C=O) groups excluding carboxylic acids is 2. The fraction of sp³-hybridized carbons (Fsp3) is 0.250. The number of ether oxygens (including phenoxy) is 1. The van der Waals surface area contributed by atoms with Crippen molar-refractivity contribution in [3.8, 4) is 5.75 Å². The fourth-order valence-corrected chi connectivity index (χ4v) is 4.17. The Kier molecular flexibility index (Phi) is 6.74. The van der Waals surface area contributed by atoms with Crippen LogP contribution in [0.2, 0.25) is 0 Å². The number of methoxy groups -OCH3 is 1. The van der Waals surface area contributed by atoms with Gasteiger partial charge in [0.1, 0.15) is 11.0 Å². The smallest absolute Gasteiger partial charge is 0.238 e. The second kappa shape index (κ2) is 9.25. The normalized spacial score (nSPS) is 18.2. The first-order valence-electron chi connectivity index (χ1n) is 8.77. The summed E-state index contributed by atoms with van der Waals surface area (Å²) in [5.74, 6) is 0.210. The third kappa shape index (κ3) is 4.74. The Balaban J connectivity index is 1.81. The van der Waals surface area contributed by atoms with E-state index >= 15 is 0 Å². The molecule has 1 aliphatic rings. The van der Waals surface area contributed by atoms with Gasteiger partial charge in [0, 0.05) is 17.4 Å². The average molecular weight is 462 g/mol. The van der Waals surface area contributed by atoms with Crippen LogP contribution < -0.4 is 10.1 Å². The van der Waals surface area contributed by atoms with Crippen molar-refractivity contribution in [2.45, 2.75) is 18.6 Å². The summed E-state index contributed by atoms with van der Waals surface area (Å²) in [6, 6.07) is 14.7. The molecule has 1 saturated heterocycles. The molecule has 146 valence electrons. The van der Waals surface area contributed by atoms with E-state index in [2.05, 4.69) is 26.2 Å². The number of hydrogen-bond donors (Lipinski definition) is 1. The highest BCUT2D eigenvalue weighted by atomic mass is 79.9. The van der Waals surface area contributed by atoms with Crippen LogP contribution in [0.3, 0.4) is 0 Å². The van der Waals surface area contributed by atoms with E-state index in [9.17, 15) is 9.59 Å². The maximum atomic E-state index is 12.8. The number of hydrogen-bond acceptors (Lipinski definition) is 5. The molecule has 1 fully saturated rings. The summed E-state index contributed by atoms with van der Waals surface area (Å²) < 4.78 is 6.22. The Morgan fingerprint density at radius 1 is 1.29 bits per heavy atom. The molecular weight excluding hydrogens is 442 g/mol. The molecule has 0 radical (unpaired) electrons. The predicted molar refractivity (Wildman–Crippen MR) is 116 cm³/mol. The van der Waals surface area contributed by atoms with E-state index in [0.29, 0.717) is 23.1 Å². The zero-order chi connectivity index (χ0) is 20.1. The van der Waals surface area contributed by atoms with E-state index in [1.165, 1.54) is 11.8 Å². The predicted octanol–water partition coefficient (Wildman–Crippen LogP) is 4.44. The molecule has 2 aromatic rings. The van der Waals surface area contributed by atoms with Crippen LogP contribution in [0.5, 0.6) is 5.75 Å². The van der Waals surface area contributed by atoms with Crippen molar-refractivity contribution >= 4 is 56.0 Å². The van der Waals surface area contributed by atoms with E-state index in [0.717, 1.165) is 10.2 Å². The number of carbonyl (C=O) groups is 2. The molecule has 0 unspecified atom stereocenters. The lowest BCUT2D eigenvalue weighted by Crippen LogP contribution is -2.45. The molecule has 0 bridgehead atoms. The molecule has 1 heterocycles. The van der Waals surface area contributed by atoms with Crippen LogP contribution in [0.4, 0.5) is 11.4 Å². The van der Waals surface area contributed by atoms with Gasteiger partial charge in [-0.2, -0.15) is 0 Å². The Morgan fingerprint density at radius 3 is 2.68 bits per heavy atom. The molecule has 0 aromatic heterocycles. The van der Waals surface area contributed by atoms with E-state index in [-0.39, 0.29) is 18.2 Å². The van der Waals surface area contributed by atoms with Crippen molar-refractivity contribution in [2.24, 2.45) is 4.99 Å². The van der Waals surface area contributed by atoms with Gasteiger partial charge in [-0.1, -0.05) is 39.8 Å². The summed E-state index contributed by atoms with van der Waals surface area (Å²) in [7, 11) is 1.55. The van der Waals surface area contributed by atoms with Gasteiger partial charge in [-0.25, -0.2) is 4.99 Å². The molecule has 0 spiro atoms. The third-order valence-corrected chi connectivity index (χ3v) is 5.88. The summed E-state index contributed by atoms with van der Waals surface area (Å²) in [6.07, 6.45) is 0.124. The molecule has 1 N–H and O–H groups in total. The molecule has 2 amide bonds. The molecule has 6 nitrogen and oxygen atoms in total. The third-order valence-electron chi connectivity index (χ3n) is 4.16. The van der Waals surface area contributed by atoms with Gasteiger partial charge >= 0.3 is 0 Å². The Labute approximate surface area is 176 Å². The SMILES string of the molecule is CCN1C(=O)C[C@H](C(=O)Nc2ccccc2OC)SC1=Nc1ccc(Br)cc1. The van der Waals surface area contributed by atoms with E-state index in [4.69, 9.17) is 4.74 Å². The summed E-state index contributed by atoms with van der Waals surface area (Å²) >= 11 is 4.69. The maximum absolute atomic E-state index is 12.8. The molecule has 0 saturated carbocycles. The molecular formula is C20H20BrN3O3S. The van der Waals surface area contributed by atoms with Gasteiger partial charge in [-0.15, -0.1) is 0 Å². The average Bonchev–Trinajstić information content (AvgIpc) is 2.70. The Bertz CT molecular complexity index is 902. The Hall–Kier alpha value is -2.32. The number of amidine groups is 1. The number of anilines is 1. The number of amides is 2. The number of para-hydroxylation sites is 2. The topological polar surface area (TPSA) is 71.0 Å². The van der Waals surface area contributed by atoms with Crippen LogP contribution in [0.15, 0.2) is 58.0 Å². The largest absolute Gasteiger partial charge is 0.495 e. The second-order valence-corrected chi connectivity index (χ2v) is 8.09. The lowest BCUT2D eigenvalue weighted by molar-refractivity contribution is -0.129. The summed E-state index contributed by atoms with van der Waals surface area (Å²) in [6.45, 7) is 2.40. The first-order valence-corrected chi connectivity index (χ1v) is 10.4. The van der Waals surface area contributed by atoms with Gasteiger partial charge in [-0.05, 0) is 43.3 Å². The lowest BCUT2D eigenvalue weighted by Gasteiger charge is -2.31. The molecule has 3 rings (SSSR count). The molecule has 8 heteroatoms. The first kappa shape index (κ1) is 20.4. The van der Waals surface area contributed by atoms with Crippen LogP contribution in [0.1, 0.15) is 13.3 Å². The van der Waals surface area contributed by atoms with E-state index in [1.807, 2.05) is 43.3 Å². The second-order valence-electron chi connectivity index (χ2n) is 6.01. The molecule has 2 aromatic carbocycles. The lowest BCUT2D eigenvalue weighted by atomic mass is 10.2. The van der Waals surface area contributed by atoms with Crippen molar-refractivity contribution in [2.75, 3.05) is 19.0 Å². The zero-order valence-corrected chi connectivity index (χ0v) is 17.9. The van der Waals surface area contributed by atoms with Crippen molar-refractivity contribution in [3.05, 3.63) is 53.0 Å². The Morgan fingerprint density at radius 2 is 2.00 bits per heavy atom. The summed E-state index contributed by atoms with van der Waals surface area (Å²) in [5.41, 5.74) is 1.30. The number of thioether (sulfide) groups is 1. The van der Waals surface area contributed by atoms with Gasteiger partial charge in [0.25, 0.3) is 0 Å². The van der Waals surface area contributed by atoms with Crippen LogP contribution in [-0.4, -0.2) is 40.8 Å². The highest BCUT2D eigenvalue weighted by molar-refractivity contribution is 9.10. The van der Waals surface area contributed by atoms with Gasteiger partial charge in [0.05, 0.1) is 18.5 Å². The first-order chi connectivity index (χ1) is 13.5. The number of rotatable bonds is 5. The minimum absolute atomic E-state index is 0.114. The van der Waals surface area contributed by atoms with Gasteiger partial charge in [0.2, 0.25) is 11.8 Å². The van der Waals surface area contributed by atoms with Crippen molar-refractivity contribution in [1.29, 1.82) is 0 Å². The van der Waals surface area contributed by atoms with Crippen molar-refractivity contribution < 1.29 is 14.3 Å². The summed E-state index contributed by atoms with van der Waals surface area (Å²) in [5, 5.41) is 2.83. The highest BCUT2D eigenvalue weighted by Crippen LogP contribution is 2.31. The van der Waals surface area contributed by atoms with Gasteiger partial charge in [-0.3, -0.25) is 14.5 Å². The number of benzene rings is 2. The molecule has 1 atom stereocenters. The summed E-state index contributed by atoms with van der Waals surface area (Å²) in [4.78, 5) is 31.6. The van der Waals surface area contributed by atoms with Crippen molar-refractivity contribution in [1.82, 2.24) is 4.90 Å². The van der Waals surface area contributed by atoms with Crippen LogP contribution in [0, 0.1) is 0 Å².